The zero-order valence-electron chi connectivity index (χ0n) is 8.43. The van der Waals surface area contributed by atoms with E-state index in [9.17, 15) is 22.0 Å². The fourth-order valence-corrected chi connectivity index (χ4v) is 1.66. The van der Waals surface area contributed by atoms with Crippen molar-refractivity contribution in [3.63, 3.8) is 0 Å². The van der Waals surface area contributed by atoms with Gasteiger partial charge in [-0.1, -0.05) is 0 Å². The van der Waals surface area contributed by atoms with E-state index in [-0.39, 0.29) is 12.1 Å². The molecule has 3 nitrogen and oxygen atoms in total. The lowest BCUT2D eigenvalue weighted by Gasteiger charge is -2.14. The number of ether oxygens (including phenoxy) is 1. The second kappa shape index (κ2) is 5.48. The molecular weight excluding hydrogens is 327 g/mol. The molecule has 1 rings (SSSR count). The molecule has 0 aliphatic heterocycles. The van der Waals surface area contributed by atoms with Gasteiger partial charge in [-0.15, -0.1) is 13.2 Å². The Bertz CT molecular complexity index is 483. The molecule has 0 saturated carbocycles. The number of halogens is 6. The standard InChI is InChI=1S/C9H4BrF5N2O/c10-7-6(18-9(13,14)15)5(8(11)12)3-4(17-7)1-2-16/h3,8H,1H2. The first kappa shape index (κ1) is 14.6. The average Bonchev–Trinajstić information content (AvgIpc) is 2.20. The van der Waals surface area contributed by atoms with Crippen molar-refractivity contribution in [1.29, 1.82) is 5.26 Å². The third-order valence-electron chi connectivity index (χ3n) is 1.73. The molecule has 98 valence electrons. The van der Waals surface area contributed by atoms with Crippen LogP contribution in [0.5, 0.6) is 5.75 Å². The van der Waals surface area contributed by atoms with Crippen LogP contribution in [0.3, 0.4) is 0 Å². The molecule has 0 amide bonds. The number of hydrogen-bond donors (Lipinski definition) is 0. The molecule has 1 heterocycles. The summed E-state index contributed by atoms with van der Waals surface area (Å²) in [7, 11) is 0. The predicted molar refractivity (Wildman–Crippen MR) is 52.9 cm³/mol. The van der Waals surface area contributed by atoms with Gasteiger partial charge >= 0.3 is 6.36 Å². The van der Waals surface area contributed by atoms with Crippen LogP contribution >= 0.6 is 15.9 Å². The van der Waals surface area contributed by atoms with Crippen LogP contribution in [0.2, 0.25) is 0 Å². The van der Waals surface area contributed by atoms with E-state index < -0.39 is 28.7 Å². The van der Waals surface area contributed by atoms with E-state index in [0.29, 0.717) is 6.07 Å². The summed E-state index contributed by atoms with van der Waals surface area (Å²) in [6.45, 7) is 0. The van der Waals surface area contributed by atoms with E-state index in [1.165, 1.54) is 0 Å². The van der Waals surface area contributed by atoms with Gasteiger partial charge in [0, 0.05) is 0 Å². The van der Waals surface area contributed by atoms with Gasteiger partial charge in [0.25, 0.3) is 6.43 Å². The SMILES string of the molecule is N#CCc1cc(C(F)F)c(OC(F)(F)F)c(Br)n1. The largest absolute Gasteiger partial charge is 0.573 e. The Morgan fingerprint density at radius 3 is 2.50 bits per heavy atom. The van der Waals surface area contributed by atoms with Crippen molar-refractivity contribution in [3.05, 3.63) is 21.9 Å². The molecule has 1 aromatic heterocycles. The summed E-state index contributed by atoms with van der Waals surface area (Å²) in [5, 5.41) is 8.39. The van der Waals surface area contributed by atoms with Crippen molar-refractivity contribution in [1.82, 2.24) is 4.98 Å². The van der Waals surface area contributed by atoms with Crippen LogP contribution in [0.4, 0.5) is 22.0 Å². The summed E-state index contributed by atoms with van der Waals surface area (Å²) >= 11 is 2.61. The van der Waals surface area contributed by atoms with Crippen molar-refractivity contribution in [2.75, 3.05) is 0 Å². The second-order valence-electron chi connectivity index (χ2n) is 3.01. The summed E-state index contributed by atoms with van der Waals surface area (Å²) in [6, 6.07) is 2.36. The number of pyridine rings is 1. The molecule has 0 aromatic carbocycles. The minimum atomic E-state index is -5.11. The van der Waals surface area contributed by atoms with E-state index >= 15 is 0 Å². The summed E-state index contributed by atoms with van der Waals surface area (Å²) in [4.78, 5) is 3.53. The van der Waals surface area contributed by atoms with Gasteiger partial charge in [0.1, 0.15) is 4.60 Å². The molecule has 0 aliphatic carbocycles. The molecule has 9 heteroatoms. The van der Waals surface area contributed by atoms with Crippen LogP contribution in [0.1, 0.15) is 17.7 Å². The lowest BCUT2D eigenvalue weighted by atomic mass is 10.2. The molecule has 0 bridgehead atoms. The maximum Gasteiger partial charge on any atom is 0.573 e. The minimum Gasteiger partial charge on any atom is -0.402 e. The third kappa shape index (κ3) is 3.80. The Labute approximate surface area is 106 Å². The van der Waals surface area contributed by atoms with Crippen molar-refractivity contribution < 1.29 is 26.7 Å². The van der Waals surface area contributed by atoms with E-state index in [4.69, 9.17) is 5.26 Å². The summed E-state index contributed by atoms with van der Waals surface area (Å²) in [6.07, 6.45) is -8.59. The number of aromatic nitrogens is 1. The van der Waals surface area contributed by atoms with E-state index in [1.807, 2.05) is 0 Å². The molecule has 0 atom stereocenters. The number of alkyl halides is 5. The van der Waals surface area contributed by atoms with Crippen LogP contribution in [-0.2, 0) is 6.42 Å². The van der Waals surface area contributed by atoms with Crippen LogP contribution in [0.15, 0.2) is 10.7 Å². The Balaban J connectivity index is 3.28. The Morgan fingerprint density at radius 1 is 1.44 bits per heavy atom. The molecule has 0 fully saturated rings. The van der Waals surface area contributed by atoms with Crippen LogP contribution in [-0.4, -0.2) is 11.3 Å². The number of hydrogen-bond acceptors (Lipinski definition) is 3. The topological polar surface area (TPSA) is 45.9 Å². The summed E-state index contributed by atoms with van der Waals surface area (Å²) in [5.41, 5.74) is -1.05. The number of nitriles is 1. The highest BCUT2D eigenvalue weighted by atomic mass is 79.9. The van der Waals surface area contributed by atoms with Gasteiger partial charge in [0.05, 0.1) is 23.7 Å². The van der Waals surface area contributed by atoms with Crippen molar-refractivity contribution in [2.24, 2.45) is 0 Å². The second-order valence-corrected chi connectivity index (χ2v) is 3.76. The lowest BCUT2D eigenvalue weighted by Crippen LogP contribution is -2.19. The Kier molecular flexibility index (Phi) is 4.45. The first-order valence-electron chi connectivity index (χ1n) is 4.34. The molecule has 0 radical (unpaired) electrons. The minimum absolute atomic E-state index is 0.0748. The maximum atomic E-state index is 12.6. The average molecular weight is 331 g/mol. The Morgan fingerprint density at radius 2 is 2.06 bits per heavy atom. The van der Waals surface area contributed by atoms with Gasteiger partial charge in [0.2, 0.25) is 0 Å². The fraction of sp³-hybridized carbons (Fsp3) is 0.333. The van der Waals surface area contributed by atoms with Gasteiger partial charge in [-0.2, -0.15) is 5.26 Å². The highest BCUT2D eigenvalue weighted by Crippen LogP contribution is 2.38. The molecule has 0 aliphatic rings. The summed E-state index contributed by atoms with van der Waals surface area (Å²) < 4.78 is 64.3. The maximum absolute atomic E-state index is 12.6. The Hall–Kier alpha value is -1.43. The third-order valence-corrected chi connectivity index (χ3v) is 2.26. The molecule has 0 saturated heterocycles. The molecular formula is C9H4BrF5N2O. The first-order chi connectivity index (χ1) is 8.24. The number of rotatable bonds is 3. The van der Waals surface area contributed by atoms with E-state index in [0.717, 1.165) is 0 Å². The normalized spacial score (nSPS) is 11.4. The van der Waals surface area contributed by atoms with E-state index in [2.05, 4.69) is 25.7 Å². The van der Waals surface area contributed by atoms with E-state index in [1.54, 1.807) is 6.07 Å². The molecule has 0 spiro atoms. The van der Waals surface area contributed by atoms with Gasteiger partial charge in [-0.3, -0.25) is 0 Å². The van der Waals surface area contributed by atoms with Gasteiger partial charge < -0.3 is 4.74 Å². The zero-order valence-corrected chi connectivity index (χ0v) is 10.0. The highest BCUT2D eigenvalue weighted by Gasteiger charge is 2.35. The van der Waals surface area contributed by atoms with Crippen LogP contribution in [0, 0.1) is 11.3 Å². The number of nitrogens with zero attached hydrogens (tertiary/aromatic N) is 2. The molecule has 1 aromatic rings. The smallest absolute Gasteiger partial charge is 0.402 e. The molecule has 0 unspecified atom stereocenters. The summed E-state index contributed by atoms with van der Waals surface area (Å²) in [5.74, 6) is -1.10. The molecule has 18 heavy (non-hydrogen) atoms. The van der Waals surface area contributed by atoms with Gasteiger partial charge in [-0.05, 0) is 22.0 Å². The van der Waals surface area contributed by atoms with Gasteiger partial charge in [0.15, 0.2) is 5.75 Å². The monoisotopic (exact) mass is 330 g/mol. The predicted octanol–water partition coefficient (Wildman–Crippen LogP) is 3.75. The van der Waals surface area contributed by atoms with Crippen molar-refractivity contribution in [3.8, 4) is 11.8 Å². The lowest BCUT2D eigenvalue weighted by molar-refractivity contribution is -0.275. The highest BCUT2D eigenvalue weighted by molar-refractivity contribution is 9.10. The molecule has 0 N–H and O–H groups in total. The van der Waals surface area contributed by atoms with Crippen molar-refractivity contribution >= 4 is 15.9 Å². The zero-order chi connectivity index (χ0) is 13.9. The van der Waals surface area contributed by atoms with Gasteiger partial charge in [-0.25, -0.2) is 13.8 Å². The fourth-order valence-electron chi connectivity index (χ4n) is 1.12. The van der Waals surface area contributed by atoms with Crippen LogP contribution < -0.4 is 4.74 Å². The quantitative estimate of drug-likeness (QED) is 0.626. The first-order valence-corrected chi connectivity index (χ1v) is 5.14. The van der Waals surface area contributed by atoms with Crippen molar-refractivity contribution in [2.45, 2.75) is 19.2 Å². The van der Waals surface area contributed by atoms with Crippen LogP contribution in [0.25, 0.3) is 0 Å².